The molecule has 0 aliphatic heterocycles. The molecule has 0 aliphatic rings. The molecule has 0 bridgehead atoms. The largest absolute Gasteiger partial charge is 0.311 e. The van der Waals surface area contributed by atoms with E-state index in [1.165, 1.54) is 11.3 Å². The van der Waals surface area contributed by atoms with Crippen LogP contribution in [0.15, 0.2) is 28.5 Å². The van der Waals surface area contributed by atoms with Crippen LogP contribution in [0.1, 0.15) is 24.1 Å². The Morgan fingerprint density at radius 1 is 1.45 bits per heavy atom. The van der Waals surface area contributed by atoms with Gasteiger partial charge in [-0.25, -0.2) is 4.98 Å². The zero-order valence-electron chi connectivity index (χ0n) is 11.5. The average molecular weight is 291 g/mol. The van der Waals surface area contributed by atoms with E-state index >= 15 is 0 Å². The molecule has 1 amide bonds. The number of hydrogen-bond acceptors (Lipinski definition) is 4. The van der Waals surface area contributed by atoms with Crippen molar-refractivity contribution >= 4 is 23.1 Å². The molecule has 0 fully saturated rings. The van der Waals surface area contributed by atoms with Crippen molar-refractivity contribution in [2.75, 3.05) is 5.32 Å². The number of rotatable bonds is 5. The molecular weight excluding hydrogens is 274 g/mol. The molecule has 2 heterocycles. The van der Waals surface area contributed by atoms with Crippen molar-refractivity contribution in [3.8, 4) is 0 Å². The van der Waals surface area contributed by atoms with Crippen molar-refractivity contribution < 1.29 is 4.79 Å². The van der Waals surface area contributed by atoms with Crippen LogP contribution in [0.2, 0.25) is 0 Å². The third-order valence-electron chi connectivity index (χ3n) is 2.94. The monoisotopic (exact) mass is 291 g/mol. The second-order valence-corrected chi connectivity index (χ2v) is 5.49. The number of amides is 1. The number of pyridine rings is 1. The van der Waals surface area contributed by atoms with Crippen molar-refractivity contribution in [1.82, 2.24) is 9.55 Å². The highest BCUT2D eigenvalue weighted by Crippen LogP contribution is 2.07. The Bertz CT molecular complexity index is 660. The van der Waals surface area contributed by atoms with Gasteiger partial charge in [0, 0.05) is 30.2 Å². The predicted molar refractivity (Wildman–Crippen MR) is 80.2 cm³/mol. The number of aryl methyl sites for hydroxylation is 2. The van der Waals surface area contributed by atoms with Crippen molar-refractivity contribution in [3.05, 3.63) is 44.6 Å². The standard InChI is InChI=1S/C14H17N3O2S/c1-10-5-6-15-12(8-10)16-13(18)4-3-7-17-11(2)9-20-14(17)19/h5-6,8-9H,3-4,7H2,1-2H3,(H,15,16,18). The van der Waals surface area contributed by atoms with Crippen molar-refractivity contribution in [3.63, 3.8) is 0 Å². The Hall–Kier alpha value is -1.95. The maximum atomic E-state index is 11.8. The lowest BCUT2D eigenvalue weighted by atomic mass is 10.2. The average Bonchev–Trinajstić information content (AvgIpc) is 2.70. The minimum Gasteiger partial charge on any atom is -0.311 e. The Labute approximate surface area is 121 Å². The molecule has 2 aromatic rings. The van der Waals surface area contributed by atoms with Gasteiger partial charge >= 0.3 is 4.87 Å². The van der Waals surface area contributed by atoms with Gasteiger partial charge in [-0.3, -0.25) is 9.59 Å². The van der Waals surface area contributed by atoms with Crippen molar-refractivity contribution in [2.45, 2.75) is 33.2 Å². The zero-order valence-corrected chi connectivity index (χ0v) is 12.4. The first kappa shape index (κ1) is 14.5. The first-order valence-corrected chi connectivity index (χ1v) is 7.31. The van der Waals surface area contributed by atoms with Gasteiger partial charge < -0.3 is 9.88 Å². The van der Waals surface area contributed by atoms with Gasteiger partial charge in [0.05, 0.1) is 0 Å². The summed E-state index contributed by atoms with van der Waals surface area (Å²) in [7, 11) is 0. The fourth-order valence-corrected chi connectivity index (χ4v) is 2.64. The van der Waals surface area contributed by atoms with E-state index in [-0.39, 0.29) is 10.8 Å². The summed E-state index contributed by atoms with van der Waals surface area (Å²) in [5, 5.41) is 4.59. The molecule has 6 heteroatoms. The van der Waals surface area contributed by atoms with E-state index < -0.39 is 0 Å². The SMILES string of the molecule is Cc1ccnc(NC(=O)CCCn2c(C)csc2=O)c1. The fraction of sp³-hybridized carbons (Fsp3) is 0.357. The number of carbonyl (C=O) groups is 1. The first-order valence-electron chi connectivity index (χ1n) is 6.43. The molecule has 0 aliphatic carbocycles. The fourth-order valence-electron chi connectivity index (χ4n) is 1.88. The third kappa shape index (κ3) is 3.77. The second kappa shape index (κ2) is 6.47. The second-order valence-electron chi connectivity index (χ2n) is 4.66. The topological polar surface area (TPSA) is 64.0 Å². The van der Waals surface area contributed by atoms with Crippen LogP contribution < -0.4 is 10.2 Å². The molecule has 0 saturated heterocycles. The smallest absolute Gasteiger partial charge is 0.307 e. The normalized spacial score (nSPS) is 10.5. The van der Waals surface area contributed by atoms with Crippen LogP contribution in [0.25, 0.3) is 0 Å². The van der Waals surface area contributed by atoms with E-state index in [4.69, 9.17) is 0 Å². The molecule has 0 atom stereocenters. The van der Waals surface area contributed by atoms with Gasteiger partial charge in [0.25, 0.3) is 0 Å². The Morgan fingerprint density at radius 2 is 2.25 bits per heavy atom. The summed E-state index contributed by atoms with van der Waals surface area (Å²) >= 11 is 1.19. The number of anilines is 1. The summed E-state index contributed by atoms with van der Waals surface area (Å²) in [6.07, 6.45) is 2.67. The van der Waals surface area contributed by atoms with E-state index in [9.17, 15) is 9.59 Å². The van der Waals surface area contributed by atoms with Gasteiger partial charge in [0.1, 0.15) is 5.82 Å². The number of thiazole rings is 1. The molecule has 0 spiro atoms. The lowest BCUT2D eigenvalue weighted by Gasteiger charge is -2.06. The van der Waals surface area contributed by atoms with Gasteiger partial charge in [-0.15, -0.1) is 0 Å². The van der Waals surface area contributed by atoms with Crippen LogP contribution in [-0.4, -0.2) is 15.5 Å². The molecule has 106 valence electrons. The van der Waals surface area contributed by atoms with Crippen LogP contribution >= 0.6 is 11.3 Å². The molecule has 5 nitrogen and oxygen atoms in total. The Morgan fingerprint density at radius 3 is 2.90 bits per heavy atom. The third-order valence-corrected chi connectivity index (χ3v) is 3.83. The van der Waals surface area contributed by atoms with E-state index in [1.54, 1.807) is 10.8 Å². The highest BCUT2D eigenvalue weighted by molar-refractivity contribution is 7.07. The van der Waals surface area contributed by atoms with Crippen LogP contribution in [0.5, 0.6) is 0 Å². The van der Waals surface area contributed by atoms with Gasteiger partial charge in [0.2, 0.25) is 5.91 Å². The Kier molecular flexibility index (Phi) is 4.68. The van der Waals surface area contributed by atoms with Crippen molar-refractivity contribution in [2.24, 2.45) is 0 Å². The number of nitrogens with zero attached hydrogens (tertiary/aromatic N) is 2. The highest BCUT2D eigenvalue weighted by Gasteiger charge is 2.06. The van der Waals surface area contributed by atoms with Crippen LogP contribution in [0.4, 0.5) is 5.82 Å². The van der Waals surface area contributed by atoms with E-state index in [0.29, 0.717) is 25.2 Å². The molecule has 20 heavy (non-hydrogen) atoms. The summed E-state index contributed by atoms with van der Waals surface area (Å²) in [5.41, 5.74) is 2.00. The molecule has 0 saturated carbocycles. The predicted octanol–water partition coefficient (Wildman–Crippen LogP) is 2.34. The number of carbonyl (C=O) groups excluding carboxylic acids is 1. The molecule has 2 rings (SSSR count). The van der Waals surface area contributed by atoms with E-state index in [2.05, 4.69) is 10.3 Å². The molecular formula is C14H17N3O2S. The molecule has 0 aromatic carbocycles. The zero-order chi connectivity index (χ0) is 14.5. The first-order chi connectivity index (χ1) is 9.56. The van der Waals surface area contributed by atoms with E-state index in [0.717, 1.165) is 11.3 Å². The lowest BCUT2D eigenvalue weighted by Crippen LogP contribution is -2.17. The maximum absolute atomic E-state index is 11.8. The van der Waals surface area contributed by atoms with E-state index in [1.807, 2.05) is 31.4 Å². The Balaban J connectivity index is 1.83. The minimum atomic E-state index is -0.0796. The number of aromatic nitrogens is 2. The highest BCUT2D eigenvalue weighted by atomic mass is 32.1. The summed E-state index contributed by atoms with van der Waals surface area (Å²) in [4.78, 5) is 27.4. The van der Waals surface area contributed by atoms with Crippen LogP contribution in [0.3, 0.4) is 0 Å². The number of nitrogens with one attached hydrogen (secondary N) is 1. The maximum Gasteiger partial charge on any atom is 0.307 e. The van der Waals surface area contributed by atoms with Crippen LogP contribution in [0, 0.1) is 13.8 Å². The summed E-state index contributed by atoms with van der Waals surface area (Å²) in [6, 6.07) is 3.70. The summed E-state index contributed by atoms with van der Waals surface area (Å²) in [6.45, 7) is 4.42. The minimum absolute atomic E-state index is 0.0308. The summed E-state index contributed by atoms with van der Waals surface area (Å²) in [5.74, 6) is 0.489. The van der Waals surface area contributed by atoms with Gasteiger partial charge in [-0.1, -0.05) is 11.3 Å². The van der Waals surface area contributed by atoms with Gasteiger partial charge in [-0.2, -0.15) is 0 Å². The van der Waals surface area contributed by atoms with Crippen LogP contribution in [-0.2, 0) is 11.3 Å². The molecule has 0 unspecified atom stereocenters. The quantitative estimate of drug-likeness (QED) is 0.919. The molecule has 0 radical (unpaired) electrons. The number of hydrogen-bond donors (Lipinski definition) is 1. The molecule has 1 N–H and O–H groups in total. The van der Waals surface area contributed by atoms with Crippen molar-refractivity contribution in [1.29, 1.82) is 0 Å². The van der Waals surface area contributed by atoms with Gasteiger partial charge in [0.15, 0.2) is 0 Å². The van der Waals surface area contributed by atoms with Gasteiger partial charge in [-0.05, 0) is 38.0 Å². The lowest BCUT2D eigenvalue weighted by molar-refractivity contribution is -0.116. The summed E-state index contributed by atoms with van der Waals surface area (Å²) < 4.78 is 1.70. The molecule has 2 aromatic heterocycles.